The van der Waals surface area contributed by atoms with Gasteiger partial charge in [0, 0.05) is 27.7 Å². The zero-order valence-corrected chi connectivity index (χ0v) is 15.4. The lowest BCUT2D eigenvalue weighted by Gasteiger charge is -2.19. The molecule has 26 heavy (non-hydrogen) atoms. The molecule has 0 bridgehead atoms. The van der Waals surface area contributed by atoms with Crippen LogP contribution in [0.3, 0.4) is 0 Å². The molecule has 10 nitrogen and oxygen atoms in total. The number of aliphatic imine (C=N–C) groups is 2. The van der Waals surface area contributed by atoms with Gasteiger partial charge in [0.1, 0.15) is 38.0 Å². The van der Waals surface area contributed by atoms with Crippen LogP contribution in [-0.4, -0.2) is 84.7 Å². The van der Waals surface area contributed by atoms with Gasteiger partial charge in [0.2, 0.25) is 0 Å². The van der Waals surface area contributed by atoms with Crippen LogP contribution in [0.15, 0.2) is 9.98 Å². The highest BCUT2D eigenvalue weighted by molar-refractivity contribution is 5.75. The second kappa shape index (κ2) is 10.7. The van der Waals surface area contributed by atoms with Crippen LogP contribution >= 0.6 is 0 Å². The van der Waals surface area contributed by atoms with Gasteiger partial charge in [-0.1, -0.05) is 0 Å². The van der Waals surface area contributed by atoms with Crippen molar-refractivity contribution in [3.05, 3.63) is 0 Å². The monoisotopic (exact) mass is 374 g/mol. The Balaban J connectivity index is 0.000000289. The summed E-state index contributed by atoms with van der Waals surface area (Å²) in [5.41, 5.74) is 0. The maximum absolute atomic E-state index is 10.9. The molecule has 4 unspecified atom stereocenters. The Labute approximate surface area is 151 Å². The third-order valence-electron chi connectivity index (χ3n) is 3.45. The van der Waals surface area contributed by atoms with Gasteiger partial charge in [0.05, 0.1) is 6.61 Å². The number of ether oxygens (including phenoxy) is 4. The van der Waals surface area contributed by atoms with Crippen molar-refractivity contribution < 1.29 is 38.7 Å². The van der Waals surface area contributed by atoms with Crippen LogP contribution in [0.1, 0.15) is 27.7 Å². The molecule has 0 saturated carbocycles. The molecule has 4 atom stereocenters. The molecule has 10 heteroatoms. The second-order valence-electron chi connectivity index (χ2n) is 5.75. The Morgan fingerprint density at radius 1 is 1.12 bits per heavy atom. The summed E-state index contributed by atoms with van der Waals surface area (Å²) in [4.78, 5) is 29.7. The Morgan fingerprint density at radius 2 is 1.65 bits per heavy atom. The molecule has 0 saturated heterocycles. The number of nitrogens with zero attached hydrogens (tertiary/aromatic N) is 2. The summed E-state index contributed by atoms with van der Waals surface area (Å²) in [6.45, 7) is 6.50. The maximum atomic E-state index is 10.9. The maximum Gasteiger partial charge on any atom is 0.303 e. The molecular weight excluding hydrogens is 348 g/mol. The van der Waals surface area contributed by atoms with Crippen molar-refractivity contribution in [2.45, 2.75) is 52.0 Å². The largest absolute Gasteiger partial charge is 0.479 e. The first kappa shape index (κ1) is 21.8. The Kier molecular flexibility index (Phi) is 9.00. The zero-order chi connectivity index (χ0) is 19.7. The second-order valence-corrected chi connectivity index (χ2v) is 5.75. The summed E-state index contributed by atoms with van der Waals surface area (Å²) in [5, 5.41) is 17.5. The third-order valence-corrected chi connectivity index (χ3v) is 3.45. The molecule has 0 spiro atoms. The number of rotatable bonds is 6. The van der Waals surface area contributed by atoms with E-state index in [0.29, 0.717) is 25.0 Å². The quantitative estimate of drug-likeness (QED) is 0.591. The topological polar surface area (TPSA) is 136 Å². The van der Waals surface area contributed by atoms with Crippen molar-refractivity contribution in [1.29, 1.82) is 0 Å². The first-order valence-corrected chi connectivity index (χ1v) is 8.16. The highest BCUT2D eigenvalue weighted by atomic mass is 16.6. The molecule has 0 fully saturated rings. The summed E-state index contributed by atoms with van der Waals surface area (Å²) in [5.74, 6) is 0.274. The van der Waals surface area contributed by atoms with Crippen LogP contribution in [0.25, 0.3) is 0 Å². The molecule has 0 aromatic heterocycles. The fraction of sp³-hybridized carbons (Fsp3) is 0.750. The Morgan fingerprint density at radius 3 is 2.04 bits per heavy atom. The van der Waals surface area contributed by atoms with Gasteiger partial charge in [0.15, 0.2) is 17.9 Å². The van der Waals surface area contributed by atoms with E-state index in [1.54, 1.807) is 13.8 Å². The summed E-state index contributed by atoms with van der Waals surface area (Å²) in [6.07, 6.45) is -1.36. The highest BCUT2D eigenvalue weighted by Gasteiger charge is 2.29. The molecular formula is C16H26N2O8. The highest BCUT2D eigenvalue weighted by Crippen LogP contribution is 2.13. The predicted octanol–water partition coefficient (Wildman–Crippen LogP) is -0.545. The molecule has 2 aliphatic heterocycles. The lowest BCUT2D eigenvalue weighted by atomic mass is 10.2. The summed E-state index contributed by atoms with van der Waals surface area (Å²) < 4.78 is 20.0. The molecule has 2 rings (SSSR count). The van der Waals surface area contributed by atoms with E-state index < -0.39 is 24.1 Å². The van der Waals surface area contributed by atoms with Gasteiger partial charge in [-0.3, -0.25) is 9.59 Å². The molecule has 2 aliphatic rings. The van der Waals surface area contributed by atoms with Crippen molar-refractivity contribution in [2.24, 2.45) is 9.98 Å². The minimum absolute atomic E-state index is 0.000278. The number of esters is 2. The summed E-state index contributed by atoms with van der Waals surface area (Å²) >= 11 is 0. The molecule has 148 valence electrons. The van der Waals surface area contributed by atoms with Gasteiger partial charge in [-0.2, -0.15) is 0 Å². The van der Waals surface area contributed by atoms with Crippen LogP contribution in [-0.2, 0) is 28.5 Å². The van der Waals surface area contributed by atoms with Gasteiger partial charge >= 0.3 is 11.9 Å². The molecule has 0 aliphatic carbocycles. The molecule has 2 heterocycles. The molecule has 0 amide bonds. The minimum atomic E-state index is -0.780. The van der Waals surface area contributed by atoms with Crippen molar-refractivity contribution >= 4 is 23.7 Å². The fourth-order valence-corrected chi connectivity index (χ4v) is 2.17. The Hall–Kier alpha value is -2.20. The van der Waals surface area contributed by atoms with E-state index in [9.17, 15) is 9.59 Å². The number of carbonyl (C=O) groups excluding carboxylic acids is 2. The van der Waals surface area contributed by atoms with Crippen LogP contribution in [0, 0.1) is 0 Å². The minimum Gasteiger partial charge on any atom is -0.479 e. The first-order chi connectivity index (χ1) is 12.2. The van der Waals surface area contributed by atoms with Crippen LogP contribution in [0.2, 0.25) is 0 Å². The van der Waals surface area contributed by atoms with E-state index in [0.717, 1.165) is 0 Å². The molecule has 0 radical (unpaired) electrons. The van der Waals surface area contributed by atoms with E-state index >= 15 is 0 Å². The number of aliphatic hydroxyl groups excluding tert-OH is 2. The SMILES string of the molecule is CC(=O)OCC(OC(C)=O)C1COC(C)=N1.CC1=NC(C(O)CO)CO1. The van der Waals surface area contributed by atoms with Gasteiger partial charge in [-0.25, -0.2) is 9.98 Å². The van der Waals surface area contributed by atoms with E-state index in [1.807, 2.05) is 0 Å². The van der Waals surface area contributed by atoms with Gasteiger partial charge < -0.3 is 29.2 Å². The van der Waals surface area contributed by atoms with Crippen LogP contribution in [0.5, 0.6) is 0 Å². The van der Waals surface area contributed by atoms with Crippen LogP contribution < -0.4 is 0 Å². The van der Waals surface area contributed by atoms with Gasteiger partial charge in [-0.15, -0.1) is 0 Å². The predicted molar refractivity (Wildman–Crippen MR) is 91.0 cm³/mol. The fourth-order valence-electron chi connectivity index (χ4n) is 2.17. The van der Waals surface area contributed by atoms with E-state index in [4.69, 9.17) is 29.2 Å². The lowest BCUT2D eigenvalue weighted by Crippen LogP contribution is -2.35. The molecule has 2 N–H and O–H groups in total. The van der Waals surface area contributed by atoms with Gasteiger partial charge in [-0.05, 0) is 0 Å². The molecule has 0 aromatic rings. The lowest BCUT2D eigenvalue weighted by molar-refractivity contribution is -0.157. The average molecular weight is 374 g/mol. The standard InChI is InChI=1S/C10H15NO5.C6H11NO3/c1-6-11-9(4-14-6)10(16-8(3)13)5-15-7(2)12;1-4-7-5(3-10-4)6(9)2-8/h9-10H,4-5H2,1-3H3;5-6,8-9H,2-3H2,1H3. The summed E-state index contributed by atoms with van der Waals surface area (Å²) in [7, 11) is 0. The number of hydrogen-bond acceptors (Lipinski definition) is 10. The van der Waals surface area contributed by atoms with Crippen molar-refractivity contribution in [2.75, 3.05) is 26.4 Å². The van der Waals surface area contributed by atoms with Crippen molar-refractivity contribution in [3.63, 3.8) is 0 Å². The van der Waals surface area contributed by atoms with Crippen LogP contribution in [0.4, 0.5) is 0 Å². The first-order valence-electron chi connectivity index (χ1n) is 8.16. The van der Waals surface area contributed by atoms with Gasteiger partial charge in [0.25, 0.3) is 0 Å². The normalized spacial score (nSPS) is 23.3. The number of carbonyl (C=O) groups is 2. The zero-order valence-electron chi connectivity index (χ0n) is 15.4. The number of aliphatic hydroxyl groups is 2. The van der Waals surface area contributed by atoms with E-state index in [2.05, 4.69) is 9.98 Å². The molecule has 0 aromatic carbocycles. The van der Waals surface area contributed by atoms with E-state index in [-0.39, 0.29) is 25.3 Å². The third kappa shape index (κ3) is 7.79. The van der Waals surface area contributed by atoms with Crippen molar-refractivity contribution in [3.8, 4) is 0 Å². The van der Waals surface area contributed by atoms with E-state index in [1.165, 1.54) is 13.8 Å². The average Bonchev–Trinajstić information content (AvgIpc) is 3.19. The Bertz CT molecular complexity index is 548. The number of hydrogen-bond donors (Lipinski definition) is 2. The van der Waals surface area contributed by atoms with Crippen molar-refractivity contribution in [1.82, 2.24) is 0 Å². The summed E-state index contributed by atoms with van der Waals surface area (Å²) in [6, 6.07) is -0.576. The smallest absolute Gasteiger partial charge is 0.303 e.